The maximum absolute atomic E-state index is 11.6. The van der Waals surface area contributed by atoms with Crippen molar-refractivity contribution in [1.29, 1.82) is 0 Å². The van der Waals surface area contributed by atoms with Crippen LogP contribution >= 0.6 is 0 Å². The van der Waals surface area contributed by atoms with Gasteiger partial charge in [-0.25, -0.2) is 0 Å². The Hall–Kier alpha value is -1.58. The summed E-state index contributed by atoms with van der Waals surface area (Å²) in [6.45, 7) is 2.16. The summed E-state index contributed by atoms with van der Waals surface area (Å²) in [6.07, 6.45) is 19.6. The normalized spacial score (nSPS) is 22.6. The quantitative estimate of drug-likeness (QED) is 0.265. The highest BCUT2D eigenvalue weighted by Crippen LogP contribution is 2.32. The van der Waals surface area contributed by atoms with Gasteiger partial charge in [0.2, 0.25) is 0 Å². The molecule has 148 valence electrons. The number of aliphatic carboxylic acids is 1. The van der Waals surface area contributed by atoms with Gasteiger partial charge < -0.3 is 9.84 Å². The second-order valence-electron chi connectivity index (χ2n) is 7.36. The Morgan fingerprint density at radius 3 is 2.54 bits per heavy atom. The van der Waals surface area contributed by atoms with Gasteiger partial charge in [0.1, 0.15) is 0 Å². The van der Waals surface area contributed by atoms with Crippen LogP contribution in [0.4, 0.5) is 0 Å². The van der Waals surface area contributed by atoms with E-state index in [0.717, 1.165) is 64.2 Å². The molecule has 0 saturated carbocycles. The molecular weight excluding hydrogens is 328 g/mol. The number of ether oxygens (including phenoxy) is 1. The fourth-order valence-electron chi connectivity index (χ4n) is 3.54. The predicted octanol–water partition coefficient (Wildman–Crippen LogP) is 5.53. The van der Waals surface area contributed by atoms with Gasteiger partial charge in [0.05, 0.1) is 13.0 Å². The van der Waals surface area contributed by atoms with Gasteiger partial charge in [-0.1, -0.05) is 69.8 Å². The molecule has 0 bridgehead atoms. The first-order valence-corrected chi connectivity index (χ1v) is 10.2. The largest absolute Gasteiger partial charge is 0.481 e. The van der Waals surface area contributed by atoms with Crippen molar-refractivity contribution in [3.05, 3.63) is 24.3 Å². The molecule has 0 saturated heterocycles. The molecule has 0 heterocycles. The predicted molar refractivity (Wildman–Crippen MR) is 105 cm³/mol. The molecule has 4 nitrogen and oxygen atoms in total. The third kappa shape index (κ3) is 9.21. The van der Waals surface area contributed by atoms with E-state index >= 15 is 0 Å². The van der Waals surface area contributed by atoms with Crippen LogP contribution in [0.3, 0.4) is 0 Å². The van der Waals surface area contributed by atoms with Crippen molar-refractivity contribution in [2.75, 3.05) is 7.11 Å². The lowest BCUT2D eigenvalue weighted by Gasteiger charge is -2.27. The van der Waals surface area contributed by atoms with Crippen LogP contribution in [0, 0.1) is 17.8 Å². The fraction of sp³-hybridized carbons (Fsp3) is 0.727. The Morgan fingerprint density at radius 1 is 1.12 bits per heavy atom. The Bertz CT molecular complexity index is 467. The van der Waals surface area contributed by atoms with E-state index in [-0.39, 0.29) is 17.8 Å². The third-order valence-corrected chi connectivity index (χ3v) is 5.21. The molecule has 1 aliphatic rings. The molecule has 1 aliphatic carbocycles. The zero-order chi connectivity index (χ0) is 19.2. The van der Waals surface area contributed by atoms with E-state index in [0.29, 0.717) is 12.3 Å². The van der Waals surface area contributed by atoms with Gasteiger partial charge in [-0.3, -0.25) is 9.59 Å². The minimum absolute atomic E-state index is 0.0407. The summed E-state index contributed by atoms with van der Waals surface area (Å²) in [4.78, 5) is 22.7. The van der Waals surface area contributed by atoms with E-state index in [2.05, 4.69) is 36.0 Å². The number of carboxylic acids is 1. The minimum atomic E-state index is -0.674. The van der Waals surface area contributed by atoms with Crippen LogP contribution in [0.2, 0.25) is 0 Å². The maximum atomic E-state index is 11.6. The number of allylic oxidation sites excluding steroid dienone is 4. The zero-order valence-corrected chi connectivity index (χ0v) is 16.5. The number of carboxylic acid groups (broad SMARTS) is 1. The van der Waals surface area contributed by atoms with E-state index in [1.165, 1.54) is 7.11 Å². The smallest absolute Gasteiger partial charge is 0.307 e. The standard InChI is InChI=1S/C22H36O4/c1-3-4-5-10-13-19-16-15-18(17-20(19)22(24)25)12-9-7-6-8-11-14-21(23)26-2/h10,13,15-16,18-20H,3-9,11-12,14,17H2,1-2H3,(H,24,25)/b13-10+. The number of hydrogen-bond acceptors (Lipinski definition) is 3. The van der Waals surface area contributed by atoms with E-state index < -0.39 is 5.97 Å². The molecular formula is C22H36O4. The molecule has 1 N–H and O–H groups in total. The van der Waals surface area contributed by atoms with Crippen molar-refractivity contribution in [2.24, 2.45) is 17.8 Å². The van der Waals surface area contributed by atoms with E-state index in [1.54, 1.807) is 0 Å². The summed E-state index contributed by atoms with van der Waals surface area (Å²) in [5.41, 5.74) is 0. The van der Waals surface area contributed by atoms with Gasteiger partial charge >= 0.3 is 11.9 Å². The van der Waals surface area contributed by atoms with Crippen LogP contribution in [-0.2, 0) is 14.3 Å². The fourth-order valence-corrected chi connectivity index (χ4v) is 3.54. The second kappa shape index (κ2) is 13.6. The van der Waals surface area contributed by atoms with Crippen molar-refractivity contribution in [3.8, 4) is 0 Å². The van der Waals surface area contributed by atoms with Crippen LogP contribution in [-0.4, -0.2) is 24.2 Å². The maximum Gasteiger partial charge on any atom is 0.307 e. The van der Waals surface area contributed by atoms with Gasteiger partial charge in [-0.05, 0) is 31.6 Å². The Labute approximate surface area is 158 Å². The number of carbonyl (C=O) groups is 2. The molecule has 0 aliphatic heterocycles. The molecule has 26 heavy (non-hydrogen) atoms. The lowest BCUT2D eigenvalue weighted by atomic mass is 9.77. The van der Waals surface area contributed by atoms with Crippen LogP contribution in [0.1, 0.15) is 77.6 Å². The van der Waals surface area contributed by atoms with Crippen LogP contribution in [0.25, 0.3) is 0 Å². The number of methoxy groups -OCH3 is 1. The SMILES string of the molecule is CCCC/C=C/C1C=CC(CCCCCCCC(=O)OC)CC1C(=O)O. The van der Waals surface area contributed by atoms with Crippen LogP contribution in [0.5, 0.6) is 0 Å². The van der Waals surface area contributed by atoms with Crippen molar-refractivity contribution < 1.29 is 19.4 Å². The molecule has 1 rings (SSSR count). The molecule has 0 amide bonds. The average molecular weight is 365 g/mol. The van der Waals surface area contributed by atoms with Crippen molar-refractivity contribution in [2.45, 2.75) is 77.6 Å². The first-order chi connectivity index (χ1) is 12.6. The van der Waals surface area contributed by atoms with Crippen LogP contribution < -0.4 is 0 Å². The first kappa shape index (κ1) is 22.5. The highest BCUT2D eigenvalue weighted by molar-refractivity contribution is 5.71. The molecule has 0 spiro atoms. The summed E-state index contributed by atoms with van der Waals surface area (Å²) in [5.74, 6) is -0.670. The minimum Gasteiger partial charge on any atom is -0.481 e. The molecule has 3 atom stereocenters. The first-order valence-electron chi connectivity index (χ1n) is 10.2. The Kier molecular flexibility index (Phi) is 11.7. The number of rotatable bonds is 13. The van der Waals surface area contributed by atoms with E-state index in [1.807, 2.05) is 0 Å². The van der Waals surface area contributed by atoms with E-state index in [9.17, 15) is 14.7 Å². The summed E-state index contributed by atoms with van der Waals surface area (Å²) in [5, 5.41) is 9.56. The summed E-state index contributed by atoms with van der Waals surface area (Å²) in [6, 6.07) is 0. The van der Waals surface area contributed by atoms with E-state index in [4.69, 9.17) is 0 Å². The second-order valence-corrected chi connectivity index (χ2v) is 7.36. The third-order valence-electron chi connectivity index (χ3n) is 5.21. The molecule has 0 radical (unpaired) electrons. The van der Waals surface area contributed by atoms with Gasteiger partial charge in [0.15, 0.2) is 0 Å². The van der Waals surface area contributed by atoms with Crippen LogP contribution in [0.15, 0.2) is 24.3 Å². The van der Waals surface area contributed by atoms with Gasteiger partial charge in [0, 0.05) is 12.3 Å². The molecule has 4 heteroatoms. The molecule has 0 fully saturated rings. The van der Waals surface area contributed by atoms with Gasteiger partial charge in [0.25, 0.3) is 0 Å². The van der Waals surface area contributed by atoms with Crippen molar-refractivity contribution >= 4 is 11.9 Å². The molecule has 0 aromatic rings. The zero-order valence-electron chi connectivity index (χ0n) is 16.5. The number of unbranched alkanes of at least 4 members (excludes halogenated alkanes) is 6. The molecule has 3 unspecified atom stereocenters. The monoisotopic (exact) mass is 364 g/mol. The Balaban J connectivity index is 2.28. The number of esters is 1. The highest BCUT2D eigenvalue weighted by atomic mass is 16.5. The van der Waals surface area contributed by atoms with Crippen molar-refractivity contribution in [1.82, 2.24) is 0 Å². The number of hydrogen-bond donors (Lipinski definition) is 1. The lowest BCUT2D eigenvalue weighted by molar-refractivity contribution is -0.143. The van der Waals surface area contributed by atoms with Crippen molar-refractivity contribution in [3.63, 3.8) is 0 Å². The highest BCUT2D eigenvalue weighted by Gasteiger charge is 2.30. The topological polar surface area (TPSA) is 63.6 Å². The lowest BCUT2D eigenvalue weighted by Crippen LogP contribution is -2.26. The average Bonchev–Trinajstić information content (AvgIpc) is 2.64. The summed E-state index contributed by atoms with van der Waals surface area (Å²) in [7, 11) is 1.43. The Morgan fingerprint density at radius 2 is 1.85 bits per heavy atom. The summed E-state index contributed by atoms with van der Waals surface area (Å²) < 4.78 is 4.63. The summed E-state index contributed by atoms with van der Waals surface area (Å²) >= 11 is 0. The number of carbonyl (C=O) groups excluding carboxylic acids is 1. The molecule has 0 aromatic carbocycles. The van der Waals surface area contributed by atoms with Gasteiger partial charge in [-0.15, -0.1) is 0 Å². The molecule has 0 aromatic heterocycles. The van der Waals surface area contributed by atoms with Gasteiger partial charge in [-0.2, -0.15) is 0 Å².